The van der Waals surface area contributed by atoms with Gasteiger partial charge in [0.1, 0.15) is 0 Å². The van der Waals surface area contributed by atoms with Gasteiger partial charge in [-0.25, -0.2) is 4.98 Å². The minimum absolute atomic E-state index is 0.567. The van der Waals surface area contributed by atoms with E-state index in [0.717, 1.165) is 38.6 Å². The van der Waals surface area contributed by atoms with Crippen LogP contribution in [0, 0.1) is 0 Å². The van der Waals surface area contributed by atoms with Crippen LogP contribution in [0.15, 0.2) is 249 Å². The van der Waals surface area contributed by atoms with Crippen LogP contribution in [-0.2, 0) is 0 Å². The predicted octanol–water partition coefficient (Wildman–Crippen LogP) is 11.9. The van der Waals surface area contributed by atoms with E-state index >= 15 is 0 Å². The lowest BCUT2D eigenvalue weighted by molar-refractivity contribution is 0.954. The fraction of sp³-hybridized carbons (Fsp3) is 0. The van der Waals surface area contributed by atoms with Gasteiger partial charge in [-0.15, -0.1) is 0 Å². The van der Waals surface area contributed by atoms with Gasteiger partial charge in [0, 0.05) is 43.7 Å². The number of hydrogen-bond donors (Lipinski definition) is 0. The van der Waals surface area contributed by atoms with E-state index in [2.05, 4.69) is 240 Å². The zero-order chi connectivity index (χ0) is 44.3. The van der Waals surface area contributed by atoms with E-state index in [9.17, 15) is 0 Å². The van der Waals surface area contributed by atoms with Crippen LogP contribution in [0.3, 0.4) is 0 Å². The summed E-state index contributed by atoms with van der Waals surface area (Å²) < 4.78 is 4.65. The molecule has 0 aliphatic heterocycles. The lowest BCUT2D eigenvalue weighted by Gasteiger charge is -2.34. The SMILES string of the molecule is c1ccc(-c2nc(-c3cccc([Si](c4ccccc4)(c4ccccc4)c4ccccc4)c3)nc(-n3c4ccccc4c4c5ccc6c7ccccc7n(-c7ccccc7)c6c5ccc43)n2)cc1. The maximum Gasteiger partial charge on any atom is 0.238 e. The first-order valence-electron chi connectivity index (χ1n) is 22.8. The van der Waals surface area contributed by atoms with Gasteiger partial charge in [0.15, 0.2) is 19.7 Å². The Bertz CT molecular complexity index is 3870. The minimum Gasteiger partial charge on any atom is -0.309 e. The normalized spacial score (nSPS) is 11.9. The molecule has 3 heterocycles. The van der Waals surface area contributed by atoms with Crippen molar-refractivity contribution >= 4 is 83.2 Å². The highest BCUT2D eigenvalue weighted by molar-refractivity contribution is 7.19. The lowest BCUT2D eigenvalue weighted by Crippen LogP contribution is -2.74. The van der Waals surface area contributed by atoms with E-state index in [0.29, 0.717) is 17.6 Å². The largest absolute Gasteiger partial charge is 0.309 e. The maximum absolute atomic E-state index is 5.48. The molecule has 10 aromatic carbocycles. The third-order valence-electron chi connectivity index (χ3n) is 13.5. The van der Waals surface area contributed by atoms with Gasteiger partial charge in [-0.2, -0.15) is 9.97 Å². The molecule has 13 rings (SSSR count). The Morgan fingerprint density at radius 3 is 1.40 bits per heavy atom. The van der Waals surface area contributed by atoms with Crippen LogP contribution in [0.2, 0.25) is 0 Å². The quantitative estimate of drug-likeness (QED) is 0.113. The molecule has 0 amide bonds. The minimum atomic E-state index is -2.84. The van der Waals surface area contributed by atoms with Crippen molar-refractivity contribution in [3.8, 4) is 34.4 Å². The number of hydrogen-bond acceptors (Lipinski definition) is 3. The summed E-state index contributed by atoms with van der Waals surface area (Å²) in [6.07, 6.45) is 0. The number of nitrogens with zero attached hydrogens (tertiary/aromatic N) is 5. The van der Waals surface area contributed by atoms with Crippen molar-refractivity contribution in [1.82, 2.24) is 24.1 Å². The number of benzene rings is 10. The molecule has 0 spiro atoms. The smallest absolute Gasteiger partial charge is 0.238 e. The topological polar surface area (TPSA) is 48.5 Å². The molecule has 0 bridgehead atoms. The van der Waals surface area contributed by atoms with Gasteiger partial charge in [0.05, 0.1) is 22.1 Å². The average molecular weight is 872 g/mol. The first-order chi connectivity index (χ1) is 33.3. The van der Waals surface area contributed by atoms with E-state index < -0.39 is 8.07 Å². The second kappa shape index (κ2) is 15.8. The third-order valence-corrected chi connectivity index (χ3v) is 18.3. The lowest BCUT2D eigenvalue weighted by atomic mass is 10.0. The number of fused-ring (bicyclic) bond motifs is 9. The van der Waals surface area contributed by atoms with Gasteiger partial charge in [-0.3, -0.25) is 4.57 Å². The Labute approximate surface area is 388 Å². The number of rotatable bonds is 8. The first-order valence-corrected chi connectivity index (χ1v) is 24.8. The summed E-state index contributed by atoms with van der Waals surface area (Å²) in [7, 11) is -2.84. The van der Waals surface area contributed by atoms with Gasteiger partial charge in [-0.05, 0) is 56.5 Å². The van der Waals surface area contributed by atoms with Gasteiger partial charge in [0.2, 0.25) is 5.95 Å². The van der Waals surface area contributed by atoms with Crippen LogP contribution < -0.4 is 20.7 Å². The molecule has 314 valence electrons. The Morgan fingerprint density at radius 2 is 0.761 bits per heavy atom. The zero-order valence-corrected chi connectivity index (χ0v) is 37.4. The molecular weight excluding hydrogens is 831 g/mol. The molecule has 0 N–H and O–H groups in total. The molecule has 0 unspecified atom stereocenters. The van der Waals surface area contributed by atoms with E-state index in [-0.39, 0.29) is 0 Å². The van der Waals surface area contributed by atoms with Crippen LogP contribution in [0.25, 0.3) is 88.8 Å². The van der Waals surface area contributed by atoms with Crippen molar-refractivity contribution in [3.63, 3.8) is 0 Å². The number of aromatic nitrogens is 5. The molecule has 0 fully saturated rings. The Hall–Kier alpha value is -8.71. The molecule has 3 aromatic heterocycles. The van der Waals surface area contributed by atoms with Gasteiger partial charge >= 0.3 is 0 Å². The van der Waals surface area contributed by atoms with Crippen LogP contribution in [0.5, 0.6) is 0 Å². The summed E-state index contributed by atoms with van der Waals surface area (Å²) in [4.78, 5) is 16.1. The molecule has 0 saturated carbocycles. The highest BCUT2D eigenvalue weighted by atomic mass is 28.3. The fourth-order valence-electron chi connectivity index (χ4n) is 10.7. The molecule has 6 heteroatoms. The van der Waals surface area contributed by atoms with Gasteiger partial charge in [-0.1, -0.05) is 218 Å². The van der Waals surface area contributed by atoms with Crippen LogP contribution in [0.4, 0.5) is 0 Å². The summed E-state index contributed by atoms with van der Waals surface area (Å²) in [5, 5.41) is 12.3. The molecular formula is C61H41N5Si. The number of para-hydroxylation sites is 3. The van der Waals surface area contributed by atoms with Crippen LogP contribution in [-0.4, -0.2) is 32.2 Å². The highest BCUT2D eigenvalue weighted by Crippen LogP contribution is 2.42. The van der Waals surface area contributed by atoms with E-state index in [1.807, 2.05) is 18.2 Å². The van der Waals surface area contributed by atoms with Crippen molar-refractivity contribution in [2.75, 3.05) is 0 Å². The molecule has 0 atom stereocenters. The Morgan fingerprint density at radius 1 is 0.299 bits per heavy atom. The van der Waals surface area contributed by atoms with Crippen molar-refractivity contribution in [3.05, 3.63) is 249 Å². The standard InChI is InChI=1S/C61H41N5Si/c1-6-21-42(22-7-1)59-62-60(43-23-20-32-48(41-43)67(45-26-10-3-11-27-45,46-28-12-4-13-29-46)47-30-14-5-15-31-47)64-61(63-59)66-55-36-19-17-34-53(55)57-50-37-38-51-49-33-16-18-35-54(49)65(44-24-8-2-9-25-44)58(51)52(50)39-40-56(57)66/h1-41H. The summed E-state index contributed by atoms with van der Waals surface area (Å²) >= 11 is 0. The summed E-state index contributed by atoms with van der Waals surface area (Å²) in [5.74, 6) is 1.80. The summed E-state index contributed by atoms with van der Waals surface area (Å²) in [6, 6.07) is 89.6. The molecule has 67 heavy (non-hydrogen) atoms. The summed E-state index contributed by atoms with van der Waals surface area (Å²) in [5.41, 5.74) is 7.43. The van der Waals surface area contributed by atoms with Gasteiger partial charge < -0.3 is 4.57 Å². The molecule has 0 aliphatic carbocycles. The fourth-order valence-corrected chi connectivity index (χ4v) is 15.5. The zero-order valence-electron chi connectivity index (χ0n) is 36.4. The van der Waals surface area contributed by atoms with Crippen molar-refractivity contribution in [1.29, 1.82) is 0 Å². The van der Waals surface area contributed by atoms with Crippen LogP contribution in [0.1, 0.15) is 0 Å². The van der Waals surface area contributed by atoms with Crippen molar-refractivity contribution in [2.45, 2.75) is 0 Å². The molecule has 0 aliphatic rings. The summed E-state index contributed by atoms with van der Waals surface area (Å²) in [6.45, 7) is 0. The molecule has 13 aromatic rings. The monoisotopic (exact) mass is 871 g/mol. The Balaban J connectivity index is 1.07. The maximum atomic E-state index is 5.48. The second-order valence-electron chi connectivity index (χ2n) is 17.1. The molecule has 0 saturated heterocycles. The van der Waals surface area contributed by atoms with E-state index in [1.165, 1.54) is 53.3 Å². The second-order valence-corrected chi connectivity index (χ2v) is 20.9. The Kier molecular flexibility index (Phi) is 9.11. The van der Waals surface area contributed by atoms with Crippen LogP contribution >= 0.6 is 0 Å². The highest BCUT2D eigenvalue weighted by Gasteiger charge is 2.41. The third kappa shape index (κ3) is 6.11. The molecule has 5 nitrogen and oxygen atoms in total. The van der Waals surface area contributed by atoms with Gasteiger partial charge in [0.25, 0.3) is 0 Å². The predicted molar refractivity (Wildman–Crippen MR) is 280 cm³/mol. The first kappa shape index (κ1) is 38.7. The van der Waals surface area contributed by atoms with E-state index in [1.54, 1.807) is 0 Å². The average Bonchev–Trinajstić information content (AvgIpc) is 3.94. The molecule has 0 radical (unpaired) electrons. The van der Waals surface area contributed by atoms with Crippen molar-refractivity contribution in [2.24, 2.45) is 0 Å². The van der Waals surface area contributed by atoms with E-state index in [4.69, 9.17) is 15.0 Å². The van der Waals surface area contributed by atoms with Crippen molar-refractivity contribution < 1.29 is 0 Å².